The molecule has 1 N–H and O–H groups in total. The van der Waals surface area contributed by atoms with E-state index in [0.29, 0.717) is 43.2 Å². The summed E-state index contributed by atoms with van der Waals surface area (Å²) in [4.78, 5) is 27.6. The molecule has 1 aliphatic carbocycles. The van der Waals surface area contributed by atoms with Crippen LogP contribution in [0.1, 0.15) is 45.3 Å². The van der Waals surface area contributed by atoms with Gasteiger partial charge in [-0.15, -0.1) is 5.10 Å². The zero-order valence-corrected chi connectivity index (χ0v) is 17.0. The summed E-state index contributed by atoms with van der Waals surface area (Å²) in [6.07, 6.45) is 2.04. The minimum absolute atomic E-state index is 0.0620. The lowest BCUT2D eigenvalue weighted by Gasteiger charge is -2.27. The van der Waals surface area contributed by atoms with E-state index in [2.05, 4.69) is 15.6 Å². The Balaban J connectivity index is 1.37. The molecule has 2 amide bonds. The third-order valence-corrected chi connectivity index (χ3v) is 5.55. The molecule has 1 aromatic heterocycles. The molecule has 0 atom stereocenters. The minimum atomic E-state index is -0.319. The van der Waals surface area contributed by atoms with Gasteiger partial charge >= 0.3 is 0 Å². The minimum Gasteiger partial charge on any atom is -0.378 e. The Bertz CT molecular complexity index is 1100. The monoisotopic (exact) mass is 417 g/mol. The van der Waals surface area contributed by atoms with E-state index in [1.165, 1.54) is 0 Å². The highest BCUT2D eigenvalue weighted by atomic mass is 16.5. The molecule has 2 aromatic carbocycles. The van der Waals surface area contributed by atoms with Gasteiger partial charge in [0, 0.05) is 30.3 Å². The summed E-state index contributed by atoms with van der Waals surface area (Å²) in [6, 6.07) is 16.7. The van der Waals surface area contributed by atoms with Crippen LogP contribution in [0, 0.1) is 0 Å². The molecule has 158 valence electrons. The molecule has 8 nitrogen and oxygen atoms in total. The van der Waals surface area contributed by atoms with Crippen LogP contribution in [-0.4, -0.2) is 58.0 Å². The van der Waals surface area contributed by atoms with Gasteiger partial charge in [0.2, 0.25) is 0 Å². The second-order valence-corrected chi connectivity index (χ2v) is 7.78. The van der Waals surface area contributed by atoms with E-state index in [1.54, 1.807) is 33.8 Å². The molecule has 0 bridgehead atoms. The SMILES string of the molecule is O=C(Nc1cccc(C(=O)N2CCOCC2)c1)c1nnn(-c2ccccc2)c1C1CC1. The fraction of sp³-hybridized carbons (Fsp3) is 0.304. The number of hydrogen-bond acceptors (Lipinski definition) is 5. The summed E-state index contributed by atoms with van der Waals surface area (Å²) in [7, 11) is 0. The third-order valence-electron chi connectivity index (χ3n) is 5.55. The van der Waals surface area contributed by atoms with Crippen LogP contribution in [0.3, 0.4) is 0 Å². The van der Waals surface area contributed by atoms with Crippen molar-refractivity contribution >= 4 is 17.5 Å². The van der Waals surface area contributed by atoms with Crippen LogP contribution in [0.2, 0.25) is 0 Å². The van der Waals surface area contributed by atoms with Crippen LogP contribution in [0.4, 0.5) is 5.69 Å². The highest BCUT2D eigenvalue weighted by molar-refractivity contribution is 6.04. The Labute approximate surface area is 179 Å². The van der Waals surface area contributed by atoms with E-state index in [0.717, 1.165) is 24.2 Å². The lowest BCUT2D eigenvalue weighted by atomic mass is 10.1. The molecule has 2 aliphatic rings. The summed E-state index contributed by atoms with van der Waals surface area (Å²) >= 11 is 0. The zero-order valence-electron chi connectivity index (χ0n) is 17.0. The summed E-state index contributed by atoms with van der Waals surface area (Å²) in [5, 5.41) is 11.3. The molecule has 1 saturated carbocycles. The van der Waals surface area contributed by atoms with Crippen molar-refractivity contribution in [3.63, 3.8) is 0 Å². The molecular formula is C23H23N5O3. The van der Waals surface area contributed by atoms with Crippen molar-refractivity contribution in [3.8, 4) is 5.69 Å². The van der Waals surface area contributed by atoms with Gasteiger partial charge in [-0.05, 0) is 43.2 Å². The lowest BCUT2D eigenvalue weighted by Crippen LogP contribution is -2.40. The first-order chi connectivity index (χ1) is 15.2. The molecule has 0 spiro atoms. The van der Waals surface area contributed by atoms with Gasteiger partial charge in [0.25, 0.3) is 11.8 Å². The summed E-state index contributed by atoms with van der Waals surface area (Å²) in [5.41, 5.74) is 3.14. The smallest absolute Gasteiger partial charge is 0.278 e. The van der Waals surface area contributed by atoms with Gasteiger partial charge in [-0.1, -0.05) is 29.5 Å². The number of para-hydroxylation sites is 1. The molecule has 0 radical (unpaired) electrons. The molecule has 1 saturated heterocycles. The second kappa shape index (κ2) is 8.31. The molecule has 1 aliphatic heterocycles. The molecular weight excluding hydrogens is 394 g/mol. The number of amides is 2. The number of carbonyl (C=O) groups excluding carboxylic acids is 2. The summed E-state index contributed by atoms with van der Waals surface area (Å²) in [5.74, 6) is -0.0988. The average molecular weight is 417 g/mol. The van der Waals surface area contributed by atoms with Crippen LogP contribution < -0.4 is 5.32 Å². The summed E-state index contributed by atoms with van der Waals surface area (Å²) < 4.78 is 7.07. The van der Waals surface area contributed by atoms with Gasteiger partial charge in [-0.3, -0.25) is 9.59 Å². The maximum Gasteiger partial charge on any atom is 0.278 e. The number of anilines is 1. The number of benzene rings is 2. The maximum absolute atomic E-state index is 13.1. The Hall–Kier alpha value is -3.52. The van der Waals surface area contributed by atoms with Gasteiger partial charge in [-0.2, -0.15) is 0 Å². The largest absolute Gasteiger partial charge is 0.378 e. The van der Waals surface area contributed by atoms with Gasteiger partial charge in [0.05, 0.1) is 24.6 Å². The van der Waals surface area contributed by atoms with Gasteiger partial charge in [0.1, 0.15) is 0 Å². The number of morpholine rings is 1. The highest BCUT2D eigenvalue weighted by Gasteiger charge is 2.34. The Morgan fingerprint density at radius 2 is 1.77 bits per heavy atom. The topological polar surface area (TPSA) is 89.3 Å². The third kappa shape index (κ3) is 4.06. The molecule has 2 heterocycles. The average Bonchev–Trinajstić information content (AvgIpc) is 3.57. The van der Waals surface area contributed by atoms with E-state index in [4.69, 9.17) is 4.74 Å². The number of nitrogens with zero attached hydrogens (tertiary/aromatic N) is 4. The van der Waals surface area contributed by atoms with Crippen LogP contribution in [0.25, 0.3) is 5.69 Å². The predicted molar refractivity (Wildman–Crippen MR) is 114 cm³/mol. The van der Waals surface area contributed by atoms with Crippen LogP contribution >= 0.6 is 0 Å². The highest BCUT2D eigenvalue weighted by Crippen LogP contribution is 2.42. The Morgan fingerprint density at radius 3 is 2.52 bits per heavy atom. The van der Waals surface area contributed by atoms with E-state index < -0.39 is 0 Å². The maximum atomic E-state index is 13.1. The molecule has 5 rings (SSSR count). The van der Waals surface area contributed by atoms with E-state index >= 15 is 0 Å². The molecule has 31 heavy (non-hydrogen) atoms. The van der Waals surface area contributed by atoms with Crippen molar-refractivity contribution in [1.29, 1.82) is 0 Å². The van der Waals surface area contributed by atoms with Crippen molar-refractivity contribution in [1.82, 2.24) is 19.9 Å². The standard InChI is InChI=1S/C23H23N5O3/c29-22(20-21(16-9-10-16)28(26-25-20)19-7-2-1-3-8-19)24-18-6-4-5-17(15-18)23(30)27-11-13-31-14-12-27/h1-8,15-16H,9-14H2,(H,24,29). The van der Waals surface area contributed by atoms with Crippen molar-refractivity contribution in [3.05, 3.63) is 71.5 Å². The molecule has 8 heteroatoms. The number of rotatable bonds is 5. The van der Waals surface area contributed by atoms with Crippen molar-refractivity contribution in [2.24, 2.45) is 0 Å². The Morgan fingerprint density at radius 1 is 1.00 bits per heavy atom. The number of ether oxygens (including phenoxy) is 1. The molecule has 2 fully saturated rings. The predicted octanol–water partition coefficient (Wildman–Crippen LogP) is 2.87. The van der Waals surface area contributed by atoms with Gasteiger partial charge in [-0.25, -0.2) is 4.68 Å². The normalized spacial score (nSPS) is 16.2. The number of carbonyl (C=O) groups is 2. The van der Waals surface area contributed by atoms with E-state index in [9.17, 15) is 9.59 Å². The first kappa shape index (κ1) is 19.4. The number of aromatic nitrogens is 3. The van der Waals surface area contributed by atoms with Crippen molar-refractivity contribution < 1.29 is 14.3 Å². The fourth-order valence-corrected chi connectivity index (χ4v) is 3.80. The lowest BCUT2D eigenvalue weighted by molar-refractivity contribution is 0.0303. The second-order valence-electron chi connectivity index (χ2n) is 7.78. The number of hydrogen-bond donors (Lipinski definition) is 1. The molecule has 0 unspecified atom stereocenters. The molecule has 3 aromatic rings. The van der Waals surface area contributed by atoms with Gasteiger partial charge < -0.3 is 15.0 Å². The van der Waals surface area contributed by atoms with E-state index in [-0.39, 0.29) is 17.7 Å². The van der Waals surface area contributed by atoms with Crippen LogP contribution in [-0.2, 0) is 4.74 Å². The fourth-order valence-electron chi connectivity index (χ4n) is 3.80. The quantitative estimate of drug-likeness (QED) is 0.690. The first-order valence-corrected chi connectivity index (χ1v) is 10.5. The zero-order chi connectivity index (χ0) is 21.2. The van der Waals surface area contributed by atoms with Crippen LogP contribution in [0.15, 0.2) is 54.6 Å². The van der Waals surface area contributed by atoms with Gasteiger partial charge in [0.15, 0.2) is 5.69 Å². The van der Waals surface area contributed by atoms with Crippen molar-refractivity contribution in [2.45, 2.75) is 18.8 Å². The van der Waals surface area contributed by atoms with Crippen LogP contribution in [0.5, 0.6) is 0 Å². The van der Waals surface area contributed by atoms with E-state index in [1.807, 2.05) is 30.3 Å². The Kier molecular flexibility index (Phi) is 5.21. The summed E-state index contributed by atoms with van der Waals surface area (Å²) in [6.45, 7) is 2.23. The van der Waals surface area contributed by atoms with Crippen molar-refractivity contribution in [2.75, 3.05) is 31.6 Å². The first-order valence-electron chi connectivity index (χ1n) is 10.5. The number of nitrogens with one attached hydrogen (secondary N) is 1.